The molecule has 0 radical (unpaired) electrons. The molecule has 0 aromatic carbocycles. The van der Waals surface area contributed by atoms with Crippen LogP contribution in [0.2, 0.25) is 0 Å². The second-order valence-corrected chi connectivity index (χ2v) is 4.87. The van der Waals surface area contributed by atoms with E-state index >= 15 is 0 Å². The van der Waals surface area contributed by atoms with E-state index in [0.717, 1.165) is 25.8 Å². The third-order valence-corrected chi connectivity index (χ3v) is 3.12. The van der Waals surface area contributed by atoms with Crippen LogP contribution >= 0.6 is 0 Å². The van der Waals surface area contributed by atoms with Crippen LogP contribution in [0.1, 0.15) is 40.0 Å². The summed E-state index contributed by atoms with van der Waals surface area (Å²) in [7, 11) is 0. The molecule has 104 valence electrons. The Labute approximate surface area is 109 Å². The molecule has 1 aliphatic rings. The Hall–Kier alpha value is -1.10. The molecule has 0 aromatic heterocycles. The van der Waals surface area contributed by atoms with Gasteiger partial charge in [-0.3, -0.25) is 9.59 Å². The van der Waals surface area contributed by atoms with Gasteiger partial charge in [0.15, 0.2) is 0 Å². The highest BCUT2D eigenvalue weighted by molar-refractivity contribution is 5.86. The number of ether oxygens (including phenoxy) is 1. The fraction of sp³-hybridized carbons (Fsp3) is 0.846. The molecule has 0 aromatic rings. The molecule has 1 unspecified atom stereocenters. The normalized spacial score (nSPS) is 19.7. The van der Waals surface area contributed by atoms with E-state index in [9.17, 15) is 9.59 Å². The Morgan fingerprint density at radius 2 is 2.11 bits per heavy atom. The van der Waals surface area contributed by atoms with Gasteiger partial charge >= 0.3 is 5.97 Å². The Balaban J connectivity index is 2.59. The van der Waals surface area contributed by atoms with Crippen LogP contribution in [0.5, 0.6) is 0 Å². The molecule has 5 nitrogen and oxygen atoms in total. The first-order chi connectivity index (χ1) is 8.56. The minimum absolute atomic E-state index is 0.00522. The van der Waals surface area contributed by atoms with Crippen molar-refractivity contribution >= 4 is 11.9 Å². The van der Waals surface area contributed by atoms with Gasteiger partial charge in [0.1, 0.15) is 6.54 Å². The first-order valence-electron chi connectivity index (χ1n) is 6.75. The summed E-state index contributed by atoms with van der Waals surface area (Å²) in [6.45, 7) is 6.87. The number of nitrogens with zero attached hydrogens (tertiary/aromatic N) is 1. The smallest absolute Gasteiger partial charge is 0.325 e. The Morgan fingerprint density at radius 3 is 2.61 bits per heavy atom. The van der Waals surface area contributed by atoms with E-state index in [1.54, 1.807) is 11.8 Å². The van der Waals surface area contributed by atoms with Crippen LogP contribution in [-0.2, 0) is 14.3 Å². The molecule has 0 bridgehead atoms. The largest absolute Gasteiger partial charge is 0.465 e. The lowest BCUT2D eigenvalue weighted by Crippen LogP contribution is -2.52. The van der Waals surface area contributed by atoms with Gasteiger partial charge in [0.25, 0.3) is 0 Å². The standard InChI is InChI=1S/C13H24N2O3/c1-4-18-12(16)9-15(10(2)3)13(17)11-7-5-6-8-14-11/h10-11,14H,4-9H2,1-3H3. The molecule has 1 atom stereocenters. The summed E-state index contributed by atoms with van der Waals surface area (Å²) in [5.41, 5.74) is 0. The fourth-order valence-corrected chi connectivity index (χ4v) is 2.12. The lowest BCUT2D eigenvalue weighted by Gasteiger charge is -2.32. The van der Waals surface area contributed by atoms with E-state index in [1.807, 2.05) is 13.8 Å². The maximum atomic E-state index is 12.3. The molecular weight excluding hydrogens is 232 g/mol. The molecule has 1 aliphatic heterocycles. The highest BCUT2D eigenvalue weighted by atomic mass is 16.5. The van der Waals surface area contributed by atoms with Gasteiger partial charge in [-0.1, -0.05) is 6.42 Å². The van der Waals surface area contributed by atoms with Crippen molar-refractivity contribution in [2.75, 3.05) is 19.7 Å². The van der Waals surface area contributed by atoms with Gasteiger partial charge in [0, 0.05) is 6.04 Å². The van der Waals surface area contributed by atoms with Crippen molar-refractivity contribution < 1.29 is 14.3 Å². The minimum atomic E-state index is -0.338. The zero-order chi connectivity index (χ0) is 13.5. The van der Waals surface area contributed by atoms with Crippen molar-refractivity contribution in [1.29, 1.82) is 0 Å². The number of rotatable bonds is 5. The highest BCUT2D eigenvalue weighted by Crippen LogP contribution is 2.12. The third-order valence-electron chi connectivity index (χ3n) is 3.12. The number of carbonyl (C=O) groups is 2. The van der Waals surface area contributed by atoms with Crippen LogP contribution in [0.15, 0.2) is 0 Å². The van der Waals surface area contributed by atoms with E-state index in [4.69, 9.17) is 4.74 Å². The highest BCUT2D eigenvalue weighted by Gasteiger charge is 2.28. The van der Waals surface area contributed by atoms with Gasteiger partial charge in [0.05, 0.1) is 12.6 Å². The topological polar surface area (TPSA) is 58.6 Å². The number of hydrogen-bond donors (Lipinski definition) is 1. The summed E-state index contributed by atoms with van der Waals surface area (Å²) >= 11 is 0. The molecule has 1 rings (SSSR count). The summed E-state index contributed by atoms with van der Waals surface area (Å²) in [5, 5.41) is 3.22. The van der Waals surface area contributed by atoms with Crippen molar-refractivity contribution in [2.45, 2.75) is 52.1 Å². The van der Waals surface area contributed by atoms with E-state index < -0.39 is 0 Å². The Bertz CT molecular complexity index is 286. The maximum Gasteiger partial charge on any atom is 0.325 e. The van der Waals surface area contributed by atoms with Crippen molar-refractivity contribution in [3.8, 4) is 0 Å². The van der Waals surface area contributed by atoms with Gasteiger partial charge in [-0.2, -0.15) is 0 Å². The number of nitrogens with one attached hydrogen (secondary N) is 1. The monoisotopic (exact) mass is 256 g/mol. The van der Waals surface area contributed by atoms with Gasteiger partial charge in [-0.05, 0) is 40.2 Å². The van der Waals surface area contributed by atoms with Gasteiger partial charge < -0.3 is 15.0 Å². The molecule has 0 saturated carbocycles. The molecular formula is C13H24N2O3. The number of piperidine rings is 1. The summed E-state index contributed by atoms with van der Waals surface area (Å²) in [5.74, 6) is -0.326. The van der Waals surface area contributed by atoms with Crippen molar-refractivity contribution in [3.05, 3.63) is 0 Å². The minimum Gasteiger partial charge on any atom is -0.465 e. The van der Waals surface area contributed by atoms with Gasteiger partial charge in [0.2, 0.25) is 5.91 Å². The van der Waals surface area contributed by atoms with Crippen LogP contribution in [0, 0.1) is 0 Å². The zero-order valence-corrected chi connectivity index (χ0v) is 11.6. The van der Waals surface area contributed by atoms with Crippen molar-refractivity contribution in [3.63, 3.8) is 0 Å². The molecule has 5 heteroatoms. The molecule has 0 spiro atoms. The van der Waals surface area contributed by atoms with Crippen LogP contribution in [0.4, 0.5) is 0 Å². The molecule has 1 saturated heterocycles. The summed E-state index contributed by atoms with van der Waals surface area (Å²) in [4.78, 5) is 25.4. The number of hydrogen-bond acceptors (Lipinski definition) is 4. The Kier molecular flexibility index (Phi) is 6.12. The lowest BCUT2D eigenvalue weighted by atomic mass is 10.0. The first-order valence-corrected chi connectivity index (χ1v) is 6.75. The lowest BCUT2D eigenvalue weighted by molar-refractivity contribution is -0.151. The van der Waals surface area contributed by atoms with E-state index in [1.165, 1.54) is 0 Å². The predicted molar refractivity (Wildman–Crippen MR) is 69.1 cm³/mol. The summed E-state index contributed by atoms with van der Waals surface area (Å²) in [6, 6.07) is -0.138. The van der Waals surface area contributed by atoms with E-state index in [0.29, 0.717) is 6.61 Å². The Morgan fingerprint density at radius 1 is 1.39 bits per heavy atom. The van der Waals surface area contributed by atoms with Crippen molar-refractivity contribution in [1.82, 2.24) is 10.2 Å². The van der Waals surface area contributed by atoms with Gasteiger partial charge in [-0.25, -0.2) is 0 Å². The average molecular weight is 256 g/mol. The molecule has 18 heavy (non-hydrogen) atoms. The second-order valence-electron chi connectivity index (χ2n) is 4.87. The van der Waals surface area contributed by atoms with Crippen LogP contribution in [0.25, 0.3) is 0 Å². The van der Waals surface area contributed by atoms with Gasteiger partial charge in [-0.15, -0.1) is 0 Å². The number of esters is 1. The molecule has 1 fully saturated rings. The molecule has 1 N–H and O–H groups in total. The zero-order valence-electron chi connectivity index (χ0n) is 11.6. The quantitative estimate of drug-likeness (QED) is 0.743. The summed E-state index contributed by atoms with van der Waals surface area (Å²) < 4.78 is 4.91. The predicted octanol–water partition coefficient (Wildman–Crippen LogP) is 0.929. The molecule has 0 aliphatic carbocycles. The molecule has 1 heterocycles. The van der Waals surface area contributed by atoms with E-state index in [-0.39, 0.29) is 30.5 Å². The van der Waals surface area contributed by atoms with Crippen LogP contribution in [-0.4, -0.2) is 48.6 Å². The number of carbonyl (C=O) groups excluding carboxylic acids is 2. The fourth-order valence-electron chi connectivity index (χ4n) is 2.12. The average Bonchev–Trinajstić information content (AvgIpc) is 2.36. The van der Waals surface area contributed by atoms with Crippen LogP contribution in [0.3, 0.4) is 0 Å². The van der Waals surface area contributed by atoms with E-state index in [2.05, 4.69) is 5.32 Å². The van der Waals surface area contributed by atoms with Crippen LogP contribution < -0.4 is 5.32 Å². The second kappa shape index (κ2) is 7.36. The third kappa shape index (κ3) is 4.29. The molecule has 1 amide bonds. The SMILES string of the molecule is CCOC(=O)CN(C(=O)C1CCCCN1)C(C)C. The first kappa shape index (κ1) is 15.0. The summed E-state index contributed by atoms with van der Waals surface area (Å²) in [6.07, 6.45) is 3.03. The number of amides is 1. The maximum absolute atomic E-state index is 12.3. The van der Waals surface area contributed by atoms with Crippen molar-refractivity contribution in [2.24, 2.45) is 0 Å².